The lowest BCUT2D eigenvalue weighted by Gasteiger charge is -2.27. The Hall–Kier alpha value is -2.57. The molecule has 4 rings (SSSR count). The predicted molar refractivity (Wildman–Crippen MR) is 140 cm³/mol. The minimum Gasteiger partial charge on any atom is -0.496 e. The van der Waals surface area contributed by atoms with Gasteiger partial charge in [-0.05, 0) is 79.0 Å². The van der Waals surface area contributed by atoms with Gasteiger partial charge in [-0.2, -0.15) is 0 Å². The van der Waals surface area contributed by atoms with Crippen LogP contribution in [-0.4, -0.2) is 39.8 Å². The van der Waals surface area contributed by atoms with Gasteiger partial charge < -0.3 is 28.9 Å². The summed E-state index contributed by atoms with van der Waals surface area (Å²) < 4.78 is 24.4. The summed E-state index contributed by atoms with van der Waals surface area (Å²) in [6.45, 7) is 2.52. The van der Waals surface area contributed by atoms with E-state index in [0.717, 1.165) is 36.0 Å². The molecule has 1 aliphatic rings. The number of benzene rings is 2. The van der Waals surface area contributed by atoms with Crippen LogP contribution in [0, 0.1) is 18.8 Å². The van der Waals surface area contributed by atoms with Gasteiger partial charge in [0.25, 0.3) is 0 Å². The molecule has 36 heavy (non-hydrogen) atoms. The van der Waals surface area contributed by atoms with E-state index in [4.69, 9.17) is 9.47 Å². The highest BCUT2D eigenvalue weighted by Crippen LogP contribution is 2.39. The van der Waals surface area contributed by atoms with Gasteiger partial charge in [0.05, 0.1) is 26.5 Å². The lowest BCUT2D eigenvalue weighted by atomic mass is 9.85. The smallest absolute Gasteiger partial charge is 0.325 e. The van der Waals surface area contributed by atoms with Crippen molar-refractivity contribution in [3.63, 3.8) is 0 Å². The molecule has 0 fully saturated rings. The van der Waals surface area contributed by atoms with Crippen LogP contribution in [0.3, 0.4) is 0 Å². The number of aliphatic hydroxyl groups excluding tert-OH is 1. The van der Waals surface area contributed by atoms with Gasteiger partial charge >= 0.3 is 7.60 Å². The Balaban J connectivity index is 1.58. The number of hydrogen-bond donors (Lipinski definition) is 3. The molecule has 1 heterocycles. The van der Waals surface area contributed by atoms with Crippen molar-refractivity contribution in [2.24, 2.45) is 11.8 Å². The first-order chi connectivity index (χ1) is 17.2. The first-order valence-electron chi connectivity index (χ1n) is 12.3. The van der Waals surface area contributed by atoms with Crippen LogP contribution in [0.2, 0.25) is 0 Å². The summed E-state index contributed by atoms with van der Waals surface area (Å²) in [5.41, 5.74) is 5.28. The van der Waals surface area contributed by atoms with Crippen molar-refractivity contribution < 1.29 is 28.9 Å². The fourth-order valence-electron chi connectivity index (χ4n) is 5.39. The molecule has 194 valence electrons. The number of nitrogens with zero attached hydrogens (tertiary/aromatic N) is 1. The monoisotopic (exact) mass is 513 g/mol. The van der Waals surface area contributed by atoms with Crippen molar-refractivity contribution in [2.45, 2.75) is 45.3 Å². The predicted octanol–water partition coefficient (Wildman–Crippen LogP) is 4.69. The molecule has 3 N–H and O–H groups in total. The fourth-order valence-corrected chi connectivity index (χ4v) is 5.94. The minimum absolute atomic E-state index is 0.0801. The number of fused-ring (bicyclic) bond motifs is 1. The zero-order valence-electron chi connectivity index (χ0n) is 21.1. The highest BCUT2D eigenvalue weighted by atomic mass is 31.2. The normalized spacial score (nSPS) is 15.5. The van der Waals surface area contributed by atoms with Crippen LogP contribution in [0.5, 0.6) is 11.5 Å². The maximum Gasteiger partial charge on any atom is 0.325 e. The number of rotatable bonds is 11. The zero-order valence-corrected chi connectivity index (χ0v) is 22.0. The third kappa shape index (κ3) is 6.40. The van der Waals surface area contributed by atoms with Crippen molar-refractivity contribution in [3.05, 3.63) is 82.7 Å². The third-order valence-corrected chi connectivity index (χ3v) is 8.09. The zero-order chi connectivity index (χ0) is 25.9. The van der Waals surface area contributed by atoms with E-state index in [1.807, 2.05) is 42.1 Å². The van der Waals surface area contributed by atoms with Gasteiger partial charge in [0.1, 0.15) is 11.5 Å². The molecule has 3 aromatic rings. The summed E-state index contributed by atoms with van der Waals surface area (Å²) in [6.07, 6.45) is 6.09. The average Bonchev–Trinajstić information content (AvgIpc) is 3.47. The van der Waals surface area contributed by atoms with E-state index >= 15 is 0 Å². The number of aliphatic hydroxyl groups is 1. The highest BCUT2D eigenvalue weighted by Gasteiger charge is 2.30. The highest BCUT2D eigenvalue weighted by molar-refractivity contribution is 7.51. The molecule has 2 atom stereocenters. The Morgan fingerprint density at radius 3 is 2.22 bits per heavy atom. The van der Waals surface area contributed by atoms with E-state index < -0.39 is 13.7 Å². The van der Waals surface area contributed by atoms with Gasteiger partial charge in [0.15, 0.2) is 0 Å². The minimum atomic E-state index is -4.05. The van der Waals surface area contributed by atoms with Gasteiger partial charge in [-0.15, -0.1) is 0 Å². The van der Waals surface area contributed by atoms with E-state index in [9.17, 15) is 19.5 Å². The molecule has 0 bridgehead atoms. The molecule has 0 aliphatic heterocycles. The second-order valence-corrected chi connectivity index (χ2v) is 11.7. The summed E-state index contributed by atoms with van der Waals surface area (Å²) in [7, 11) is -0.816. The Morgan fingerprint density at radius 1 is 1.06 bits per heavy atom. The lowest BCUT2D eigenvalue weighted by Crippen LogP contribution is -2.22. The molecule has 7 nitrogen and oxygen atoms in total. The van der Waals surface area contributed by atoms with Crippen molar-refractivity contribution in [3.8, 4) is 11.5 Å². The molecule has 2 aromatic carbocycles. The summed E-state index contributed by atoms with van der Waals surface area (Å²) in [5.74, 6) is 1.71. The Morgan fingerprint density at radius 2 is 1.67 bits per heavy atom. The Kier molecular flexibility index (Phi) is 8.26. The fraction of sp³-hybridized carbons (Fsp3) is 0.429. The van der Waals surface area contributed by atoms with E-state index in [1.54, 1.807) is 14.2 Å². The maximum atomic E-state index is 11.6. The lowest BCUT2D eigenvalue weighted by molar-refractivity contribution is 0.0815. The molecule has 8 heteroatoms. The van der Waals surface area contributed by atoms with Crippen molar-refractivity contribution in [1.82, 2.24) is 4.57 Å². The second kappa shape index (κ2) is 11.2. The molecule has 0 saturated carbocycles. The topological polar surface area (TPSA) is 101 Å². The quantitative estimate of drug-likeness (QED) is 0.322. The molecular weight excluding hydrogens is 477 g/mol. The van der Waals surface area contributed by atoms with Crippen molar-refractivity contribution in [2.75, 3.05) is 20.4 Å². The number of methoxy groups -OCH3 is 2. The SMILES string of the molecule is COc1cc([C@@H](O)[C@@H](CC2Cc3ccccc3C2)Cn2ccc(CCP(=O)(O)O)c2)cc(OC)c1C. The molecule has 0 saturated heterocycles. The van der Waals surface area contributed by atoms with E-state index in [1.165, 1.54) is 11.1 Å². The van der Waals surface area contributed by atoms with Gasteiger partial charge in [-0.1, -0.05) is 24.3 Å². The maximum absolute atomic E-state index is 11.6. The third-order valence-electron chi connectivity index (χ3n) is 7.28. The molecule has 0 spiro atoms. The van der Waals surface area contributed by atoms with Crippen LogP contribution >= 0.6 is 7.60 Å². The summed E-state index contributed by atoms with van der Waals surface area (Å²) in [6, 6.07) is 14.2. The van der Waals surface area contributed by atoms with Gasteiger partial charge in [0, 0.05) is 30.4 Å². The number of ether oxygens (including phenoxy) is 2. The largest absolute Gasteiger partial charge is 0.496 e. The summed E-state index contributed by atoms with van der Waals surface area (Å²) >= 11 is 0. The molecule has 1 aromatic heterocycles. The van der Waals surface area contributed by atoms with Crippen LogP contribution in [0.1, 0.15) is 40.3 Å². The standard InChI is InChI=1S/C28H36NO6P/c1-19-26(34-2)15-24(16-27(19)35-3)28(30)25(14-21-12-22-6-4-5-7-23(22)13-21)18-29-10-8-20(17-29)9-11-36(31,32)33/h4-8,10,15-17,21,25,28,30H,9,11-14,18H2,1-3H3,(H2,31,32,33)/t25-,28+/m0/s1. The first kappa shape index (κ1) is 26.5. The molecule has 1 aliphatic carbocycles. The summed E-state index contributed by atoms with van der Waals surface area (Å²) in [4.78, 5) is 18.4. The molecule has 0 unspecified atom stereocenters. The van der Waals surface area contributed by atoms with Crippen LogP contribution in [0.25, 0.3) is 0 Å². The second-order valence-electron chi connectivity index (χ2n) is 9.89. The molecule has 0 radical (unpaired) electrons. The van der Waals surface area contributed by atoms with Gasteiger partial charge in [0.2, 0.25) is 0 Å². The van der Waals surface area contributed by atoms with Crippen LogP contribution in [0.4, 0.5) is 0 Å². The average molecular weight is 514 g/mol. The van der Waals surface area contributed by atoms with Gasteiger partial charge in [-0.25, -0.2) is 0 Å². The number of aromatic nitrogens is 1. The summed E-state index contributed by atoms with van der Waals surface area (Å²) in [5, 5.41) is 11.6. The van der Waals surface area contributed by atoms with E-state index in [2.05, 4.69) is 24.3 Å². The van der Waals surface area contributed by atoms with Crippen molar-refractivity contribution in [1.29, 1.82) is 0 Å². The Labute approximate surface area is 212 Å². The van der Waals surface area contributed by atoms with E-state index in [-0.39, 0.29) is 12.1 Å². The van der Waals surface area contributed by atoms with Crippen LogP contribution < -0.4 is 9.47 Å². The van der Waals surface area contributed by atoms with E-state index in [0.29, 0.717) is 30.4 Å². The number of hydrogen-bond acceptors (Lipinski definition) is 4. The first-order valence-corrected chi connectivity index (χ1v) is 14.1. The van der Waals surface area contributed by atoms with Crippen LogP contribution in [-0.2, 0) is 30.4 Å². The molecule has 0 amide bonds. The molecular formula is C28H36NO6P. The van der Waals surface area contributed by atoms with Gasteiger partial charge in [-0.3, -0.25) is 4.57 Å². The Bertz CT molecular complexity index is 1180. The van der Waals surface area contributed by atoms with Crippen LogP contribution in [0.15, 0.2) is 54.9 Å². The van der Waals surface area contributed by atoms with Crippen molar-refractivity contribution >= 4 is 7.60 Å². The number of aryl methyl sites for hydroxylation is 1.